The molecule has 0 rings (SSSR count). The molecule has 0 aliphatic rings. The maximum Gasteiger partial charge on any atom is 0.309 e. The van der Waals surface area contributed by atoms with Gasteiger partial charge in [0, 0.05) is 0 Å². The van der Waals surface area contributed by atoms with E-state index in [1.807, 2.05) is 0 Å². The first-order valence-corrected chi connectivity index (χ1v) is 14.3. The maximum atomic E-state index is 11.9. The van der Waals surface area contributed by atoms with Crippen LogP contribution in [0.2, 0.25) is 0 Å². The Labute approximate surface area is 210 Å². The molecule has 0 fully saturated rings. The van der Waals surface area contributed by atoms with Crippen LogP contribution in [0.15, 0.2) is 24.8 Å². The molecule has 1 unspecified atom stereocenters. The van der Waals surface area contributed by atoms with Crippen LogP contribution in [0.25, 0.3) is 0 Å². The van der Waals surface area contributed by atoms with Gasteiger partial charge in [0.05, 0.1) is 12.3 Å². The number of rotatable bonds is 26. The smallest absolute Gasteiger partial charge is 0.309 e. The lowest BCUT2D eigenvalue weighted by molar-refractivity contribution is -0.152. The molecule has 34 heavy (non-hydrogen) atoms. The van der Waals surface area contributed by atoms with Crippen molar-refractivity contribution >= 4 is 11.9 Å². The number of hydrogen-bond acceptors (Lipinski definition) is 3. The van der Waals surface area contributed by atoms with Crippen LogP contribution in [0.3, 0.4) is 0 Å². The molecule has 0 saturated heterocycles. The standard InChI is InChI=1S/C30H54O4/c1-3-5-6-7-8-9-10-11-12-13-14-15-16-17-18-19-20-21-22-23-24-25-28(27-29(31)32)30(33)34-26-4-2/h4,11-12,28H,2-3,5-10,13-27H2,1H3,(H,31,32)/b12-11+. The molecule has 0 bridgehead atoms. The molecule has 0 aliphatic heterocycles. The number of hydrogen-bond donors (Lipinski definition) is 1. The largest absolute Gasteiger partial charge is 0.481 e. The molecule has 1 atom stereocenters. The summed E-state index contributed by atoms with van der Waals surface area (Å²) in [5, 5.41) is 9.00. The van der Waals surface area contributed by atoms with E-state index in [4.69, 9.17) is 9.84 Å². The summed E-state index contributed by atoms with van der Waals surface area (Å²) in [6, 6.07) is 0. The van der Waals surface area contributed by atoms with E-state index < -0.39 is 17.9 Å². The monoisotopic (exact) mass is 478 g/mol. The van der Waals surface area contributed by atoms with E-state index in [0.29, 0.717) is 6.42 Å². The molecule has 1 N–H and O–H groups in total. The molecule has 0 spiro atoms. The van der Waals surface area contributed by atoms with Crippen molar-refractivity contribution in [1.29, 1.82) is 0 Å². The van der Waals surface area contributed by atoms with Gasteiger partial charge < -0.3 is 9.84 Å². The molecule has 0 radical (unpaired) electrons. The van der Waals surface area contributed by atoms with Gasteiger partial charge in [-0.15, -0.1) is 0 Å². The number of carboxylic acid groups (broad SMARTS) is 1. The molecule has 198 valence electrons. The Bertz CT molecular complexity index is 512. The third-order valence-corrected chi connectivity index (χ3v) is 6.41. The average Bonchev–Trinajstić information content (AvgIpc) is 2.82. The zero-order chi connectivity index (χ0) is 25.1. The lowest BCUT2D eigenvalue weighted by atomic mass is 9.97. The zero-order valence-electron chi connectivity index (χ0n) is 22.2. The van der Waals surface area contributed by atoms with Crippen LogP contribution in [-0.4, -0.2) is 23.7 Å². The molecule has 4 nitrogen and oxygen atoms in total. The summed E-state index contributed by atoms with van der Waals surface area (Å²) in [6.45, 7) is 5.93. The minimum absolute atomic E-state index is 0.144. The third-order valence-electron chi connectivity index (χ3n) is 6.41. The highest BCUT2D eigenvalue weighted by atomic mass is 16.5. The zero-order valence-corrected chi connectivity index (χ0v) is 22.2. The van der Waals surface area contributed by atoms with Gasteiger partial charge in [-0.25, -0.2) is 0 Å². The van der Waals surface area contributed by atoms with Crippen molar-refractivity contribution in [3.8, 4) is 0 Å². The summed E-state index contributed by atoms with van der Waals surface area (Å²) in [5.74, 6) is -1.89. The molecule has 0 saturated carbocycles. The van der Waals surface area contributed by atoms with Crippen molar-refractivity contribution in [3.05, 3.63) is 24.8 Å². The quantitative estimate of drug-likeness (QED) is 0.0764. The molecule has 0 heterocycles. The van der Waals surface area contributed by atoms with E-state index in [1.165, 1.54) is 109 Å². The van der Waals surface area contributed by atoms with Gasteiger partial charge in [-0.05, 0) is 32.1 Å². The van der Waals surface area contributed by atoms with Crippen LogP contribution >= 0.6 is 0 Å². The first-order valence-electron chi connectivity index (χ1n) is 14.3. The number of allylic oxidation sites excluding steroid dienone is 2. The van der Waals surface area contributed by atoms with Crippen molar-refractivity contribution in [3.63, 3.8) is 0 Å². The van der Waals surface area contributed by atoms with E-state index in [0.717, 1.165) is 19.3 Å². The van der Waals surface area contributed by atoms with Crippen LogP contribution in [0.4, 0.5) is 0 Å². The maximum absolute atomic E-state index is 11.9. The summed E-state index contributed by atoms with van der Waals surface area (Å²) in [6.07, 6.45) is 31.2. The van der Waals surface area contributed by atoms with Crippen molar-refractivity contribution in [2.24, 2.45) is 5.92 Å². The fraction of sp³-hybridized carbons (Fsp3) is 0.800. The number of carbonyl (C=O) groups excluding carboxylic acids is 1. The second-order valence-corrected chi connectivity index (χ2v) is 9.71. The Morgan fingerprint density at radius 2 is 1.18 bits per heavy atom. The minimum Gasteiger partial charge on any atom is -0.481 e. The number of ether oxygens (including phenoxy) is 1. The molecule has 0 aromatic rings. The van der Waals surface area contributed by atoms with Crippen LogP contribution in [-0.2, 0) is 14.3 Å². The van der Waals surface area contributed by atoms with Gasteiger partial charge in [0.15, 0.2) is 0 Å². The van der Waals surface area contributed by atoms with E-state index in [-0.39, 0.29) is 13.0 Å². The number of unbranched alkanes of at least 4 members (excludes halogenated alkanes) is 17. The van der Waals surface area contributed by atoms with Gasteiger partial charge in [-0.3, -0.25) is 9.59 Å². The predicted octanol–water partition coefficient (Wildman–Crippen LogP) is 9.18. The van der Waals surface area contributed by atoms with Gasteiger partial charge in [-0.1, -0.05) is 128 Å². The normalized spacial score (nSPS) is 12.1. The van der Waals surface area contributed by atoms with Crippen molar-refractivity contribution < 1.29 is 19.4 Å². The molecule has 0 amide bonds. The Balaban J connectivity index is 3.43. The second-order valence-electron chi connectivity index (χ2n) is 9.71. The summed E-state index contributed by atoms with van der Waals surface area (Å²) in [7, 11) is 0. The fourth-order valence-electron chi connectivity index (χ4n) is 4.30. The number of carbonyl (C=O) groups is 2. The van der Waals surface area contributed by atoms with Crippen molar-refractivity contribution in [2.75, 3.05) is 6.61 Å². The summed E-state index contributed by atoms with van der Waals surface area (Å²) < 4.78 is 5.03. The van der Waals surface area contributed by atoms with E-state index in [2.05, 4.69) is 25.7 Å². The van der Waals surface area contributed by atoms with Gasteiger partial charge in [0.25, 0.3) is 0 Å². The minimum atomic E-state index is -0.944. The highest BCUT2D eigenvalue weighted by Crippen LogP contribution is 2.18. The molecular weight excluding hydrogens is 424 g/mol. The SMILES string of the molecule is C=CCOC(=O)C(CCCCCCCCCCCCC/C=C/CCCCCCCC)CC(=O)O. The van der Waals surface area contributed by atoms with Gasteiger partial charge in [0.1, 0.15) is 6.61 Å². The highest BCUT2D eigenvalue weighted by Gasteiger charge is 2.22. The highest BCUT2D eigenvalue weighted by molar-refractivity contribution is 5.79. The van der Waals surface area contributed by atoms with E-state index >= 15 is 0 Å². The van der Waals surface area contributed by atoms with Crippen molar-refractivity contribution in [2.45, 2.75) is 142 Å². The predicted molar refractivity (Wildman–Crippen MR) is 144 cm³/mol. The lowest BCUT2D eigenvalue weighted by Gasteiger charge is -2.13. The number of aliphatic carboxylic acids is 1. The topological polar surface area (TPSA) is 63.6 Å². The molecule has 4 heteroatoms. The molecule has 0 aliphatic carbocycles. The Hall–Kier alpha value is -1.58. The van der Waals surface area contributed by atoms with Crippen LogP contribution in [0.1, 0.15) is 142 Å². The van der Waals surface area contributed by atoms with Gasteiger partial charge >= 0.3 is 11.9 Å². The Kier molecular flexibility index (Phi) is 24.8. The number of carboxylic acids is 1. The van der Waals surface area contributed by atoms with Crippen molar-refractivity contribution in [1.82, 2.24) is 0 Å². The second kappa shape index (κ2) is 26.0. The molecule has 0 aromatic carbocycles. The lowest BCUT2D eigenvalue weighted by Crippen LogP contribution is -2.21. The third kappa shape index (κ3) is 23.6. The molecule has 0 aromatic heterocycles. The molecular formula is C30H54O4. The van der Waals surface area contributed by atoms with Gasteiger partial charge in [-0.2, -0.15) is 0 Å². The van der Waals surface area contributed by atoms with E-state index in [1.54, 1.807) is 0 Å². The first kappa shape index (κ1) is 32.4. The average molecular weight is 479 g/mol. The Morgan fingerprint density at radius 3 is 1.62 bits per heavy atom. The van der Waals surface area contributed by atoms with Crippen LogP contribution in [0, 0.1) is 5.92 Å². The summed E-state index contributed by atoms with van der Waals surface area (Å²) >= 11 is 0. The summed E-state index contributed by atoms with van der Waals surface area (Å²) in [5.41, 5.74) is 0. The van der Waals surface area contributed by atoms with Crippen LogP contribution in [0.5, 0.6) is 0 Å². The van der Waals surface area contributed by atoms with E-state index in [9.17, 15) is 9.59 Å². The Morgan fingerprint density at radius 1 is 0.735 bits per heavy atom. The first-order chi connectivity index (χ1) is 16.6. The summed E-state index contributed by atoms with van der Waals surface area (Å²) in [4.78, 5) is 22.9. The number of esters is 1. The van der Waals surface area contributed by atoms with Gasteiger partial charge in [0.2, 0.25) is 0 Å². The van der Waals surface area contributed by atoms with Crippen LogP contribution < -0.4 is 0 Å². The fourth-order valence-corrected chi connectivity index (χ4v) is 4.30.